The molecule has 0 radical (unpaired) electrons. The van der Waals surface area contributed by atoms with Gasteiger partial charge in [0, 0.05) is 18.7 Å². The van der Waals surface area contributed by atoms with Gasteiger partial charge in [0.1, 0.15) is 12.4 Å². The van der Waals surface area contributed by atoms with Crippen molar-refractivity contribution in [2.45, 2.75) is 32.9 Å². The van der Waals surface area contributed by atoms with E-state index in [0.29, 0.717) is 17.3 Å². The molecule has 0 aliphatic carbocycles. The quantitative estimate of drug-likeness (QED) is 0.727. The molecule has 6 nitrogen and oxygen atoms in total. The van der Waals surface area contributed by atoms with Gasteiger partial charge in [-0.25, -0.2) is 4.98 Å². The van der Waals surface area contributed by atoms with E-state index in [0.717, 1.165) is 37.0 Å². The van der Waals surface area contributed by atoms with Crippen molar-refractivity contribution in [3.8, 4) is 0 Å². The lowest BCUT2D eigenvalue weighted by Crippen LogP contribution is -2.40. The monoisotopic (exact) mass is 390 g/mol. The van der Waals surface area contributed by atoms with Crippen molar-refractivity contribution in [2.75, 3.05) is 13.1 Å². The number of rotatable bonds is 5. The number of nitrogens with zero attached hydrogens (tertiary/aromatic N) is 3. The third kappa shape index (κ3) is 4.31. The number of carbonyl (C=O) groups is 2. The van der Waals surface area contributed by atoms with Crippen LogP contribution in [0.25, 0.3) is 11.0 Å². The van der Waals surface area contributed by atoms with Crippen LogP contribution in [0, 0.1) is 5.92 Å². The van der Waals surface area contributed by atoms with Crippen LogP contribution in [-0.2, 0) is 17.9 Å². The first-order chi connectivity index (χ1) is 14.1. The lowest BCUT2D eigenvalue weighted by atomic mass is 9.99. The lowest BCUT2D eigenvalue weighted by Gasteiger charge is -2.30. The largest absolute Gasteiger partial charge is 0.345 e. The minimum absolute atomic E-state index is 0.107. The highest BCUT2D eigenvalue weighted by molar-refractivity contribution is 5.94. The predicted molar refractivity (Wildman–Crippen MR) is 112 cm³/mol. The zero-order valence-corrected chi connectivity index (χ0v) is 16.7. The zero-order valence-electron chi connectivity index (χ0n) is 16.7. The molecule has 2 aromatic carbocycles. The Hall–Kier alpha value is -3.15. The summed E-state index contributed by atoms with van der Waals surface area (Å²) >= 11 is 0. The fourth-order valence-corrected chi connectivity index (χ4v) is 3.78. The van der Waals surface area contributed by atoms with Crippen molar-refractivity contribution in [2.24, 2.45) is 5.92 Å². The van der Waals surface area contributed by atoms with Crippen LogP contribution in [-0.4, -0.2) is 39.4 Å². The van der Waals surface area contributed by atoms with Crippen molar-refractivity contribution in [3.05, 3.63) is 66.0 Å². The predicted octanol–water partition coefficient (Wildman–Crippen LogP) is 3.22. The van der Waals surface area contributed by atoms with Gasteiger partial charge in [0.2, 0.25) is 5.91 Å². The SMILES string of the molecule is CC1CCN(C(=O)Cn2c(CNC(=O)c3ccccc3)nc3ccccc32)CC1. The summed E-state index contributed by atoms with van der Waals surface area (Å²) in [6.45, 7) is 4.37. The highest BCUT2D eigenvalue weighted by Gasteiger charge is 2.22. The number of piperidine rings is 1. The molecule has 4 rings (SSSR count). The van der Waals surface area contributed by atoms with Crippen molar-refractivity contribution >= 4 is 22.8 Å². The number of carbonyl (C=O) groups excluding carboxylic acids is 2. The molecule has 29 heavy (non-hydrogen) atoms. The highest BCUT2D eigenvalue weighted by atomic mass is 16.2. The second-order valence-electron chi connectivity index (χ2n) is 7.71. The number of hydrogen-bond donors (Lipinski definition) is 1. The van der Waals surface area contributed by atoms with Gasteiger partial charge in [-0.1, -0.05) is 37.3 Å². The first kappa shape index (κ1) is 19.2. The molecule has 150 valence electrons. The number of para-hydroxylation sites is 2. The lowest BCUT2D eigenvalue weighted by molar-refractivity contribution is -0.133. The first-order valence-electron chi connectivity index (χ1n) is 10.2. The molecule has 1 aromatic heterocycles. The Balaban J connectivity index is 1.53. The maximum Gasteiger partial charge on any atom is 0.251 e. The normalized spacial score (nSPS) is 14.9. The summed E-state index contributed by atoms with van der Waals surface area (Å²) in [4.78, 5) is 32.0. The minimum atomic E-state index is -0.152. The Morgan fingerprint density at radius 3 is 2.48 bits per heavy atom. The van der Waals surface area contributed by atoms with Crippen LogP contribution in [0.2, 0.25) is 0 Å². The Morgan fingerprint density at radius 2 is 1.72 bits per heavy atom. The number of aromatic nitrogens is 2. The van der Waals surface area contributed by atoms with Gasteiger partial charge in [-0.3, -0.25) is 9.59 Å². The molecule has 0 saturated carbocycles. The van der Waals surface area contributed by atoms with E-state index in [2.05, 4.69) is 17.2 Å². The van der Waals surface area contributed by atoms with Crippen LogP contribution in [0.5, 0.6) is 0 Å². The fourth-order valence-electron chi connectivity index (χ4n) is 3.78. The number of imidazole rings is 1. The molecule has 1 aliphatic rings. The maximum atomic E-state index is 12.9. The molecular formula is C23H26N4O2. The van der Waals surface area contributed by atoms with E-state index in [1.807, 2.05) is 51.9 Å². The topological polar surface area (TPSA) is 67.2 Å². The minimum Gasteiger partial charge on any atom is -0.345 e. The number of fused-ring (bicyclic) bond motifs is 1. The Morgan fingerprint density at radius 1 is 1.03 bits per heavy atom. The van der Waals surface area contributed by atoms with Gasteiger partial charge in [-0.05, 0) is 43.0 Å². The molecule has 0 bridgehead atoms. The van der Waals surface area contributed by atoms with Crippen LogP contribution in [0.15, 0.2) is 54.6 Å². The molecule has 6 heteroatoms. The van der Waals surface area contributed by atoms with Crippen LogP contribution in [0.4, 0.5) is 0 Å². The standard InChI is InChI=1S/C23H26N4O2/c1-17-11-13-26(14-12-17)22(28)16-27-20-10-6-5-9-19(20)25-21(27)15-24-23(29)18-7-3-2-4-8-18/h2-10,17H,11-16H2,1H3,(H,24,29). The molecule has 3 aromatic rings. The zero-order chi connectivity index (χ0) is 20.2. The number of benzene rings is 2. The molecule has 2 amide bonds. The molecular weight excluding hydrogens is 364 g/mol. The molecule has 0 atom stereocenters. The van der Waals surface area contributed by atoms with Crippen LogP contribution < -0.4 is 5.32 Å². The first-order valence-corrected chi connectivity index (χ1v) is 10.2. The second-order valence-corrected chi connectivity index (χ2v) is 7.71. The molecule has 1 saturated heterocycles. The van der Waals surface area contributed by atoms with Gasteiger partial charge in [0.05, 0.1) is 17.6 Å². The molecule has 1 N–H and O–H groups in total. The summed E-state index contributed by atoms with van der Waals surface area (Å²) in [5.74, 6) is 1.32. The smallest absolute Gasteiger partial charge is 0.251 e. The van der Waals surface area contributed by atoms with Gasteiger partial charge >= 0.3 is 0 Å². The molecule has 0 unspecified atom stereocenters. The number of nitrogens with one attached hydrogen (secondary N) is 1. The van der Waals surface area contributed by atoms with Gasteiger partial charge < -0.3 is 14.8 Å². The third-order valence-electron chi connectivity index (χ3n) is 5.61. The molecule has 2 heterocycles. The summed E-state index contributed by atoms with van der Waals surface area (Å²) in [7, 11) is 0. The van der Waals surface area contributed by atoms with E-state index >= 15 is 0 Å². The number of amides is 2. The molecule has 1 fully saturated rings. The average Bonchev–Trinajstić information content (AvgIpc) is 3.10. The Labute approximate surface area is 170 Å². The van der Waals surface area contributed by atoms with Gasteiger partial charge in [-0.15, -0.1) is 0 Å². The Kier molecular flexibility index (Phi) is 5.60. The van der Waals surface area contributed by atoms with Crippen LogP contribution in [0.1, 0.15) is 35.9 Å². The number of hydrogen-bond acceptors (Lipinski definition) is 3. The molecule has 0 spiro atoms. The van der Waals surface area contributed by atoms with E-state index in [1.54, 1.807) is 12.1 Å². The van der Waals surface area contributed by atoms with Crippen molar-refractivity contribution in [3.63, 3.8) is 0 Å². The van der Waals surface area contributed by atoms with Gasteiger partial charge in [0.15, 0.2) is 0 Å². The Bertz CT molecular complexity index is 1000. The summed E-state index contributed by atoms with van der Waals surface area (Å²) in [6.07, 6.45) is 2.10. The second kappa shape index (κ2) is 8.47. The fraction of sp³-hybridized carbons (Fsp3) is 0.348. The van der Waals surface area contributed by atoms with Gasteiger partial charge in [0.25, 0.3) is 5.91 Å². The third-order valence-corrected chi connectivity index (χ3v) is 5.61. The summed E-state index contributed by atoms with van der Waals surface area (Å²) in [5, 5.41) is 2.93. The average molecular weight is 390 g/mol. The highest BCUT2D eigenvalue weighted by Crippen LogP contribution is 2.19. The summed E-state index contributed by atoms with van der Waals surface area (Å²) in [6, 6.07) is 16.9. The van der Waals surface area contributed by atoms with E-state index in [4.69, 9.17) is 0 Å². The van der Waals surface area contributed by atoms with E-state index in [-0.39, 0.29) is 24.9 Å². The van der Waals surface area contributed by atoms with E-state index < -0.39 is 0 Å². The van der Waals surface area contributed by atoms with Crippen molar-refractivity contribution < 1.29 is 9.59 Å². The van der Waals surface area contributed by atoms with Crippen LogP contribution in [0.3, 0.4) is 0 Å². The van der Waals surface area contributed by atoms with Crippen molar-refractivity contribution in [1.82, 2.24) is 19.8 Å². The van der Waals surface area contributed by atoms with Gasteiger partial charge in [-0.2, -0.15) is 0 Å². The summed E-state index contributed by atoms with van der Waals surface area (Å²) in [5.41, 5.74) is 2.35. The summed E-state index contributed by atoms with van der Waals surface area (Å²) < 4.78 is 1.93. The molecule has 1 aliphatic heterocycles. The van der Waals surface area contributed by atoms with E-state index in [1.165, 1.54) is 0 Å². The number of likely N-dealkylation sites (tertiary alicyclic amines) is 1. The van der Waals surface area contributed by atoms with Crippen molar-refractivity contribution in [1.29, 1.82) is 0 Å². The van der Waals surface area contributed by atoms with Crippen LogP contribution >= 0.6 is 0 Å². The van der Waals surface area contributed by atoms with E-state index in [9.17, 15) is 9.59 Å². The maximum absolute atomic E-state index is 12.9.